The van der Waals surface area contributed by atoms with Gasteiger partial charge in [-0.25, -0.2) is 31.3 Å². The van der Waals surface area contributed by atoms with E-state index in [0.29, 0.717) is 12.1 Å². The number of nitrogens with zero attached hydrogens (tertiary/aromatic N) is 3. The molecule has 3 aromatic carbocycles. The maximum Gasteiger partial charge on any atom is 0.416 e. The summed E-state index contributed by atoms with van der Waals surface area (Å²) >= 11 is 6.30. The molecular formula is C28H19ClF9N5O2. The molecule has 2 N–H and O–H groups in total. The number of nitrogens with one attached hydrogen (secondary N) is 2. The number of fused-ring (bicyclic) bond motifs is 3. The van der Waals surface area contributed by atoms with E-state index in [2.05, 4.69) is 15.6 Å². The topological polar surface area (TPSA) is 80.4 Å². The van der Waals surface area contributed by atoms with Gasteiger partial charge in [0.1, 0.15) is 18.2 Å². The molecule has 7 nitrogen and oxygen atoms in total. The maximum atomic E-state index is 14.3. The van der Waals surface area contributed by atoms with Gasteiger partial charge in [0.25, 0.3) is 24.7 Å². The summed E-state index contributed by atoms with van der Waals surface area (Å²) in [6, 6.07) is 4.04. The van der Waals surface area contributed by atoms with Crippen molar-refractivity contribution in [1.82, 2.24) is 14.5 Å². The molecular weight excluding hydrogens is 645 g/mol. The van der Waals surface area contributed by atoms with Gasteiger partial charge in [0.2, 0.25) is 5.62 Å². The van der Waals surface area contributed by atoms with Crippen LogP contribution in [0.15, 0.2) is 47.5 Å². The van der Waals surface area contributed by atoms with E-state index < -0.39 is 78.4 Å². The summed E-state index contributed by atoms with van der Waals surface area (Å²) in [6.07, 6.45) is -11.0. The third kappa shape index (κ3) is 6.10. The van der Waals surface area contributed by atoms with E-state index in [1.54, 1.807) is 0 Å². The number of halogens is 10. The van der Waals surface area contributed by atoms with Crippen molar-refractivity contribution in [3.05, 3.63) is 92.6 Å². The minimum absolute atomic E-state index is 0.0130. The Hall–Kier alpha value is -4.47. The van der Waals surface area contributed by atoms with Crippen LogP contribution in [0, 0.1) is 11.6 Å². The Kier molecular flexibility index (Phi) is 8.37. The number of amides is 2. The van der Waals surface area contributed by atoms with Crippen LogP contribution in [-0.4, -0.2) is 40.3 Å². The predicted molar refractivity (Wildman–Crippen MR) is 143 cm³/mol. The van der Waals surface area contributed by atoms with E-state index in [1.165, 1.54) is 13.1 Å². The Morgan fingerprint density at radius 1 is 1.04 bits per heavy atom. The zero-order valence-electron chi connectivity index (χ0n) is 22.6. The van der Waals surface area contributed by atoms with Crippen LogP contribution < -0.4 is 16.3 Å². The molecule has 2 heterocycles. The standard InChI is InChI=1S/C28H19ClF9N5O2/c1-42-24-18(43(10-20(34)35)27(42)39-9-19(32)33)8-17(40-25(44)11-4-12(28(36,37)38)6-14(31)5-11)21-22(24)26(45)41-23(21)15-7-13(30)2-3-16(15)29/h2-8,19-20,23H,9-10H2,1H3,(H,40,44)(H,41,45)/t23-/m1/s1. The average molecular weight is 664 g/mol. The van der Waals surface area contributed by atoms with Crippen molar-refractivity contribution in [2.45, 2.75) is 31.6 Å². The third-order valence-corrected chi connectivity index (χ3v) is 7.32. The summed E-state index contributed by atoms with van der Waals surface area (Å²) in [6.45, 7) is -2.18. The molecule has 1 aromatic heterocycles. The minimum atomic E-state index is -5.02. The summed E-state index contributed by atoms with van der Waals surface area (Å²) < 4.78 is 124. The number of alkyl halides is 7. The molecule has 0 saturated heterocycles. The summed E-state index contributed by atoms with van der Waals surface area (Å²) in [5.41, 5.74) is -3.66. The number of hydrogen-bond acceptors (Lipinski definition) is 3. The molecule has 0 aliphatic carbocycles. The fraction of sp³-hybridized carbons (Fsp3) is 0.250. The fourth-order valence-corrected chi connectivity index (χ4v) is 5.45. The van der Waals surface area contributed by atoms with Gasteiger partial charge in [-0.2, -0.15) is 13.2 Å². The van der Waals surface area contributed by atoms with Crippen molar-refractivity contribution in [3.63, 3.8) is 0 Å². The summed E-state index contributed by atoms with van der Waals surface area (Å²) in [5.74, 6) is -4.32. The molecule has 1 aliphatic heterocycles. The van der Waals surface area contributed by atoms with Gasteiger partial charge in [-0.15, -0.1) is 0 Å². The Morgan fingerprint density at radius 2 is 1.76 bits per heavy atom. The lowest BCUT2D eigenvalue weighted by Gasteiger charge is -2.19. The lowest BCUT2D eigenvalue weighted by molar-refractivity contribution is -0.137. The first-order valence-corrected chi connectivity index (χ1v) is 13.2. The highest BCUT2D eigenvalue weighted by Gasteiger charge is 2.38. The number of carbonyl (C=O) groups is 2. The fourth-order valence-electron chi connectivity index (χ4n) is 5.22. The Bertz CT molecular complexity index is 1920. The molecule has 0 radical (unpaired) electrons. The average Bonchev–Trinajstić information content (AvgIpc) is 3.41. The van der Waals surface area contributed by atoms with E-state index >= 15 is 0 Å². The van der Waals surface area contributed by atoms with Crippen molar-refractivity contribution < 1.29 is 49.1 Å². The molecule has 1 atom stereocenters. The Balaban J connectivity index is 1.81. The largest absolute Gasteiger partial charge is 0.416 e. The first kappa shape index (κ1) is 31.9. The first-order chi connectivity index (χ1) is 21.1. The van der Waals surface area contributed by atoms with Crippen LogP contribution in [0.4, 0.5) is 45.2 Å². The maximum absolute atomic E-state index is 14.3. The molecule has 0 spiro atoms. The van der Waals surface area contributed by atoms with Crippen LogP contribution in [0.5, 0.6) is 0 Å². The van der Waals surface area contributed by atoms with Gasteiger partial charge in [-0.1, -0.05) is 11.6 Å². The van der Waals surface area contributed by atoms with Crippen molar-refractivity contribution in [2.24, 2.45) is 12.0 Å². The van der Waals surface area contributed by atoms with Crippen LogP contribution in [-0.2, 0) is 19.8 Å². The number of benzene rings is 3. The number of imidazole rings is 1. The third-order valence-electron chi connectivity index (χ3n) is 6.97. The number of rotatable bonds is 7. The highest BCUT2D eigenvalue weighted by molar-refractivity contribution is 6.31. The monoisotopic (exact) mass is 663 g/mol. The van der Waals surface area contributed by atoms with Crippen LogP contribution in [0.2, 0.25) is 5.02 Å². The molecule has 0 saturated carbocycles. The highest BCUT2D eigenvalue weighted by atomic mass is 35.5. The summed E-state index contributed by atoms with van der Waals surface area (Å²) in [4.78, 5) is 30.5. The first-order valence-electron chi connectivity index (χ1n) is 12.8. The van der Waals surface area contributed by atoms with E-state index in [9.17, 15) is 49.1 Å². The van der Waals surface area contributed by atoms with Crippen LogP contribution in [0.25, 0.3) is 11.0 Å². The molecule has 4 aromatic rings. The number of aryl methyl sites for hydroxylation is 1. The van der Waals surface area contributed by atoms with Crippen LogP contribution in [0.3, 0.4) is 0 Å². The van der Waals surface area contributed by atoms with Crippen LogP contribution >= 0.6 is 11.6 Å². The minimum Gasteiger partial charge on any atom is -0.341 e. The molecule has 0 fully saturated rings. The number of aromatic nitrogens is 2. The van der Waals surface area contributed by atoms with Gasteiger partial charge in [-0.05, 0) is 42.5 Å². The Labute approximate surface area is 251 Å². The molecule has 5 rings (SSSR count). The lowest BCUT2D eigenvalue weighted by atomic mass is 9.95. The van der Waals surface area contributed by atoms with Crippen molar-refractivity contribution >= 4 is 40.1 Å². The number of hydrogen-bond donors (Lipinski definition) is 2. The van der Waals surface area contributed by atoms with Gasteiger partial charge in [-0.3, -0.25) is 9.59 Å². The summed E-state index contributed by atoms with van der Waals surface area (Å²) in [5, 5.41) is 4.83. The van der Waals surface area contributed by atoms with Gasteiger partial charge in [0.15, 0.2) is 0 Å². The second kappa shape index (κ2) is 11.8. The zero-order chi connectivity index (χ0) is 33.0. The predicted octanol–water partition coefficient (Wildman–Crippen LogP) is 6.45. The molecule has 2 amide bonds. The highest BCUT2D eigenvalue weighted by Crippen LogP contribution is 2.43. The van der Waals surface area contributed by atoms with Crippen molar-refractivity contribution in [2.75, 3.05) is 11.9 Å². The number of carbonyl (C=O) groups excluding carboxylic acids is 2. The van der Waals surface area contributed by atoms with Gasteiger partial charge in [0.05, 0.1) is 34.7 Å². The van der Waals surface area contributed by atoms with Crippen LogP contribution in [0.1, 0.15) is 43.4 Å². The molecule has 0 unspecified atom stereocenters. The molecule has 45 heavy (non-hydrogen) atoms. The molecule has 17 heteroatoms. The number of anilines is 1. The second-order valence-corrected chi connectivity index (χ2v) is 10.3. The van der Waals surface area contributed by atoms with E-state index in [1.807, 2.05) is 0 Å². The van der Waals surface area contributed by atoms with Gasteiger partial charge >= 0.3 is 6.18 Å². The van der Waals surface area contributed by atoms with E-state index in [0.717, 1.165) is 27.3 Å². The zero-order valence-corrected chi connectivity index (χ0v) is 23.4. The Morgan fingerprint density at radius 3 is 2.40 bits per heavy atom. The molecule has 1 aliphatic rings. The second-order valence-electron chi connectivity index (χ2n) is 9.93. The lowest BCUT2D eigenvalue weighted by Crippen LogP contribution is -2.28. The van der Waals surface area contributed by atoms with Crippen molar-refractivity contribution in [1.29, 1.82) is 0 Å². The molecule has 238 valence electrons. The SMILES string of the molecule is Cn1c(=NCC(F)F)n(CC(F)F)c2cc(NC(=O)c3cc(F)cc(C(F)(F)F)c3)c3c(c21)C(=O)N[C@@H]3c1cc(F)ccc1Cl. The van der Waals surface area contributed by atoms with E-state index in [4.69, 9.17) is 11.6 Å². The smallest absolute Gasteiger partial charge is 0.341 e. The van der Waals surface area contributed by atoms with Gasteiger partial charge in [0, 0.05) is 34.4 Å². The molecule has 0 bridgehead atoms. The van der Waals surface area contributed by atoms with E-state index in [-0.39, 0.29) is 44.5 Å². The normalized spacial score (nSPS) is 15.4. The van der Waals surface area contributed by atoms with Crippen molar-refractivity contribution in [3.8, 4) is 0 Å². The van der Waals surface area contributed by atoms with Gasteiger partial charge < -0.3 is 19.8 Å². The summed E-state index contributed by atoms with van der Waals surface area (Å²) in [7, 11) is 1.27. The quantitative estimate of drug-likeness (QED) is 0.223.